The third-order valence-electron chi connectivity index (χ3n) is 6.44. The van der Waals surface area contributed by atoms with Crippen LogP contribution in [0.1, 0.15) is 55.6 Å². The number of piperidine rings is 1. The lowest BCUT2D eigenvalue weighted by Crippen LogP contribution is -2.36. The molecule has 3 heterocycles. The number of methoxy groups -OCH3 is 1. The summed E-state index contributed by atoms with van der Waals surface area (Å²) >= 11 is 0. The molecular weight excluding hydrogens is 396 g/mol. The number of fused-ring (bicyclic) bond motifs is 1. The molecule has 8 nitrogen and oxygen atoms in total. The van der Waals surface area contributed by atoms with E-state index in [1.165, 1.54) is 13.5 Å². The van der Waals surface area contributed by atoms with Crippen molar-refractivity contribution in [2.24, 2.45) is 0 Å². The molecule has 1 aromatic carbocycles. The number of aromatic hydroxyl groups is 1. The van der Waals surface area contributed by atoms with Crippen LogP contribution in [0.15, 0.2) is 34.3 Å². The van der Waals surface area contributed by atoms with Gasteiger partial charge in [0.05, 0.1) is 12.7 Å². The van der Waals surface area contributed by atoms with Gasteiger partial charge in [-0.1, -0.05) is 6.07 Å². The highest BCUT2D eigenvalue weighted by atomic mass is 16.5. The number of rotatable bonds is 3. The van der Waals surface area contributed by atoms with Gasteiger partial charge in [0.2, 0.25) is 5.95 Å². The number of hydrogen-bond donors (Lipinski definition) is 3. The van der Waals surface area contributed by atoms with Crippen molar-refractivity contribution in [1.82, 2.24) is 9.97 Å². The highest BCUT2D eigenvalue weighted by molar-refractivity contribution is 6.01. The van der Waals surface area contributed by atoms with E-state index in [1.807, 2.05) is 0 Å². The molecule has 0 bridgehead atoms. The number of carbonyl (C=O) groups is 1. The zero-order valence-electron chi connectivity index (χ0n) is 17.5. The number of phenols is 1. The van der Waals surface area contributed by atoms with Gasteiger partial charge < -0.3 is 20.1 Å². The van der Waals surface area contributed by atoms with Crippen molar-refractivity contribution in [3.8, 4) is 11.5 Å². The second-order valence-electron chi connectivity index (χ2n) is 8.36. The van der Waals surface area contributed by atoms with Crippen LogP contribution in [0.5, 0.6) is 11.5 Å². The number of anilines is 2. The zero-order chi connectivity index (χ0) is 21.5. The molecule has 3 aliphatic rings. The van der Waals surface area contributed by atoms with Crippen molar-refractivity contribution in [3.05, 3.63) is 50.9 Å². The smallest absolute Gasteiger partial charge is 0.258 e. The number of allylic oxidation sites excluding steroid dienone is 2. The van der Waals surface area contributed by atoms with Crippen LogP contribution in [0.2, 0.25) is 0 Å². The van der Waals surface area contributed by atoms with Gasteiger partial charge in [0.1, 0.15) is 5.82 Å². The normalized spacial score (nSPS) is 20.7. The number of carbonyl (C=O) groups excluding carboxylic acids is 1. The van der Waals surface area contributed by atoms with E-state index in [0.717, 1.165) is 44.5 Å². The summed E-state index contributed by atoms with van der Waals surface area (Å²) in [5.41, 5.74) is 2.25. The van der Waals surface area contributed by atoms with E-state index in [1.54, 1.807) is 18.2 Å². The number of hydrogen-bond acceptors (Lipinski definition) is 7. The van der Waals surface area contributed by atoms with Gasteiger partial charge in [-0.2, -0.15) is 4.98 Å². The summed E-state index contributed by atoms with van der Waals surface area (Å²) in [6.07, 6.45) is 5.28. The van der Waals surface area contributed by atoms with Crippen molar-refractivity contribution in [2.75, 3.05) is 30.4 Å². The third-order valence-corrected chi connectivity index (χ3v) is 6.44. The molecule has 1 aromatic heterocycles. The Balaban J connectivity index is 1.67. The predicted molar refractivity (Wildman–Crippen MR) is 117 cm³/mol. The Kier molecular flexibility index (Phi) is 4.92. The number of ketones is 1. The summed E-state index contributed by atoms with van der Waals surface area (Å²) in [6.45, 7) is 1.73. The summed E-state index contributed by atoms with van der Waals surface area (Å²) in [7, 11) is 1.48. The van der Waals surface area contributed by atoms with Crippen LogP contribution in [-0.2, 0) is 4.79 Å². The second-order valence-corrected chi connectivity index (χ2v) is 8.36. The predicted octanol–water partition coefficient (Wildman–Crippen LogP) is 3.04. The quantitative estimate of drug-likeness (QED) is 0.698. The van der Waals surface area contributed by atoms with E-state index in [9.17, 15) is 14.7 Å². The summed E-state index contributed by atoms with van der Waals surface area (Å²) < 4.78 is 5.16. The lowest BCUT2D eigenvalue weighted by molar-refractivity contribution is -0.116. The maximum Gasteiger partial charge on any atom is 0.258 e. The van der Waals surface area contributed by atoms with Crippen molar-refractivity contribution in [1.29, 1.82) is 0 Å². The lowest BCUT2D eigenvalue weighted by Gasteiger charge is -2.34. The fourth-order valence-electron chi connectivity index (χ4n) is 4.92. The molecule has 5 rings (SSSR count). The SMILES string of the molecule is COc1ccc(C2C3=C(CCCC3=O)Nc3nc(N4CCCCC4)[nH]c(=O)c32)cc1O. The van der Waals surface area contributed by atoms with E-state index < -0.39 is 5.92 Å². The molecule has 8 heteroatoms. The molecule has 1 atom stereocenters. The average molecular weight is 422 g/mol. The Morgan fingerprint density at radius 3 is 2.68 bits per heavy atom. The molecule has 0 saturated carbocycles. The summed E-state index contributed by atoms with van der Waals surface area (Å²) in [5, 5.41) is 13.7. The van der Waals surface area contributed by atoms with E-state index in [4.69, 9.17) is 9.72 Å². The molecule has 31 heavy (non-hydrogen) atoms. The molecule has 2 aromatic rings. The summed E-state index contributed by atoms with van der Waals surface area (Å²) in [6, 6.07) is 5.02. The molecular formula is C23H26N4O4. The first-order chi connectivity index (χ1) is 15.1. The molecule has 3 N–H and O–H groups in total. The molecule has 1 saturated heterocycles. The van der Waals surface area contributed by atoms with Gasteiger partial charge in [0.25, 0.3) is 5.56 Å². The highest BCUT2D eigenvalue weighted by Gasteiger charge is 2.38. The maximum absolute atomic E-state index is 13.3. The minimum atomic E-state index is -0.581. The first-order valence-electron chi connectivity index (χ1n) is 10.9. The van der Waals surface area contributed by atoms with Crippen molar-refractivity contribution in [2.45, 2.75) is 44.4 Å². The van der Waals surface area contributed by atoms with Gasteiger partial charge in [0, 0.05) is 36.7 Å². The van der Waals surface area contributed by atoms with Crippen molar-refractivity contribution >= 4 is 17.5 Å². The topological polar surface area (TPSA) is 108 Å². The largest absolute Gasteiger partial charge is 0.504 e. The monoisotopic (exact) mass is 422 g/mol. The van der Waals surface area contributed by atoms with Crippen molar-refractivity contribution in [3.63, 3.8) is 0 Å². The van der Waals surface area contributed by atoms with E-state index in [0.29, 0.717) is 40.6 Å². The number of H-pyrrole nitrogens is 1. The van der Waals surface area contributed by atoms with Gasteiger partial charge in [-0.25, -0.2) is 0 Å². The Morgan fingerprint density at radius 2 is 1.94 bits per heavy atom. The third kappa shape index (κ3) is 3.36. The van der Waals surface area contributed by atoms with Gasteiger partial charge in [-0.15, -0.1) is 0 Å². The fourth-order valence-corrected chi connectivity index (χ4v) is 4.92. The average Bonchev–Trinajstić information content (AvgIpc) is 2.78. The molecule has 0 radical (unpaired) electrons. The maximum atomic E-state index is 13.3. The van der Waals surface area contributed by atoms with Gasteiger partial charge in [-0.05, 0) is 49.8 Å². The summed E-state index contributed by atoms with van der Waals surface area (Å²) in [5.74, 6) is 0.827. The second kappa shape index (κ2) is 7.76. The number of phenolic OH excluding ortho intramolecular Hbond substituents is 1. The minimum Gasteiger partial charge on any atom is -0.504 e. The first kappa shape index (κ1) is 19.7. The van der Waals surface area contributed by atoms with Crippen LogP contribution in [0.3, 0.4) is 0 Å². The number of nitrogens with zero attached hydrogens (tertiary/aromatic N) is 2. The van der Waals surface area contributed by atoms with Gasteiger partial charge in [-0.3, -0.25) is 14.6 Å². The number of nitrogens with one attached hydrogen (secondary N) is 2. The molecule has 162 valence electrons. The molecule has 1 fully saturated rings. The fraction of sp³-hybridized carbons (Fsp3) is 0.435. The number of ether oxygens (including phenoxy) is 1. The number of aromatic amines is 1. The highest BCUT2D eigenvalue weighted by Crippen LogP contribution is 2.45. The molecule has 0 amide bonds. The number of Topliss-reactive ketones (excluding diaryl/α,β-unsaturated/α-hetero) is 1. The Bertz CT molecular complexity index is 1130. The summed E-state index contributed by atoms with van der Waals surface area (Å²) in [4.78, 5) is 36.1. The standard InChI is InChI=1S/C23H26N4O4/c1-31-17-9-8-13(12-16(17)29)18-19-14(6-5-7-15(19)28)24-21-20(18)22(30)26-23(25-21)27-10-3-2-4-11-27/h8-9,12,18,29H,2-7,10-11H2,1H3,(H2,24,25,26,30). The van der Waals surface area contributed by atoms with E-state index in [-0.39, 0.29) is 17.1 Å². The van der Waals surface area contributed by atoms with E-state index >= 15 is 0 Å². The number of aromatic nitrogens is 2. The minimum absolute atomic E-state index is 0.0271. The van der Waals surface area contributed by atoms with Crippen molar-refractivity contribution < 1.29 is 14.6 Å². The lowest BCUT2D eigenvalue weighted by atomic mass is 9.76. The van der Waals surface area contributed by atoms with Crippen LogP contribution in [0.4, 0.5) is 11.8 Å². The van der Waals surface area contributed by atoms with Crippen LogP contribution in [-0.4, -0.2) is 41.1 Å². The first-order valence-corrected chi connectivity index (χ1v) is 10.9. The van der Waals surface area contributed by atoms with Crippen LogP contribution in [0.25, 0.3) is 0 Å². The van der Waals surface area contributed by atoms with Gasteiger partial charge in [0.15, 0.2) is 17.3 Å². The molecule has 1 unspecified atom stereocenters. The number of benzene rings is 1. The van der Waals surface area contributed by atoms with Gasteiger partial charge >= 0.3 is 0 Å². The molecule has 1 aliphatic carbocycles. The Labute approximate surface area is 180 Å². The van der Waals surface area contributed by atoms with Crippen LogP contribution in [0, 0.1) is 0 Å². The Hall–Kier alpha value is -3.29. The zero-order valence-corrected chi connectivity index (χ0v) is 17.5. The molecule has 0 spiro atoms. The van der Waals surface area contributed by atoms with E-state index in [2.05, 4.69) is 15.2 Å². The van der Waals surface area contributed by atoms with Crippen LogP contribution < -0.4 is 20.5 Å². The molecule has 2 aliphatic heterocycles. The Morgan fingerprint density at radius 1 is 1.13 bits per heavy atom. The van der Waals surface area contributed by atoms with Crippen LogP contribution >= 0.6 is 0 Å².